The highest BCUT2D eigenvalue weighted by atomic mass is 32.2. The molecule has 0 amide bonds. The fraction of sp³-hybridized carbons (Fsp3) is 0.700. The minimum absolute atomic E-state index is 0.177. The van der Waals surface area contributed by atoms with Crippen LogP contribution < -0.4 is 11.0 Å². The fourth-order valence-corrected chi connectivity index (χ4v) is 2.72. The summed E-state index contributed by atoms with van der Waals surface area (Å²) in [4.78, 5) is 22.3. The first-order chi connectivity index (χ1) is 8.63. The predicted molar refractivity (Wildman–Crippen MR) is 66.9 cm³/mol. The molecule has 1 saturated carbocycles. The molecule has 8 heteroatoms. The number of nitrogens with one attached hydrogen (secondary N) is 2. The number of H-pyrrole nitrogens is 1. The Morgan fingerprint density at radius 3 is 3.00 bits per heavy atom. The van der Waals surface area contributed by atoms with E-state index in [0.29, 0.717) is 17.3 Å². The van der Waals surface area contributed by atoms with E-state index < -0.39 is 12.0 Å². The maximum atomic E-state index is 11.5. The van der Waals surface area contributed by atoms with Crippen molar-refractivity contribution in [3.05, 3.63) is 10.5 Å². The van der Waals surface area contributed by atoms with E-state index in [1.807, 2.05) is 0 Å². The van der Waals surface area contributed by atoms with Crippen molar-refractivity contribution in [2.45, 2.75) is 36.5 Å². The summed E-state index contributed by atoms with van der Waals surface area (Å²) in [6.07, 6.45) is 2.52. The van der Waals surface area contributed by atoms with Crippen molar-refractivity contribution in [3.8, 4) is 0 Å². The van der Waals surface area contributed by atoms with Crippen LogP contribution in [0.1, 0.15) is 25.3 Å². The first kappa shape index (κ1) is 13.2. The largest absolute Gasteiger partial charge is 0.480 e. The number of aromatic amines is 1. The quantitative estimate of drug-likeness (QED) is 0.607. The van der Waals surface area contributed by atoms with Crippen LogP contribution in [0.15, 0.2) is 9.95 Å². The average molecular weight is 272 g/mol. The zero-order chi connectivity index (χ0) is 13.1. The predicted octanol–water partition coefficient (Wildman–Crippen LogP) is 0.0611. The lowest BCUT2D eigenvalue weighted by Gasteiger charge is -2.10. The molecule has 2 rings (SSSR count). The van der Waals surface area contributed by atoms with Gasteiger partial charge in [0.2, 0.25) is 0 Å². The van der Waals surface area contributed by atoms with E-state index in [9.17, 15) is 9.59 Å². The molecule has 1 aromatic rings. The van der Waals surface area contributed by atoms with E-state index >= 15 is 0 Å². The van der Waals surface area contributed by atoms with E-state index in [-0.39, 0.29) is 11.7 Å². The fourth-order valence-electron chi connectivity index (χ4n) is 1.71. The van der Waals surface area contributed by atoms with Crippen LogP contribution in [0.4, 0.5) is 0 Å². The number of aliphatic carboxylic acids is 1. The molecule has 0 saturated heterocycles. The molecule has 100 valence electrons. The van der Waals surface area contributed by atoms with E-state index in [0.717, 1.165) is 12.8 Å². The van der Waals surface area contributed by atoms with Gasteiger partial charge in [-0.1, -0.05) is 11.8 Å². The van der Waals surface area contributed by atoms with Gasteiger partial charge >= 0.3 is 11.7 Å². The molecular formula is C10H16N4O3S. The molecule has 18 heavy (non-hydrogen) atoms. The van der Waals surface area contributed by atoms with Crippen LogP contribution in [0.25, 0.3) is 0 Å². The number of likely N-dealkylation sites (N-methyl/N-ethyl adjacent to an activating group) is 1. The van der Waals surface area contributed by atoms with Gasteiger partial charge in [-0.05, 0) is 26.3 Å². The Hall–Kier alpha value is -1.28. The lowest BCUT2D eigenvalue weighted by Crippen LogP contribution is -2.34. The van der Waals surface area contributed by atoms with Crippen molar-refractivity contribution in [3.63, 3.8) is 0 Å². The highest BCUT2D eigenvalue weighted by Crippen LogP contribution is 2.36. The normalized spacial score (nSPS) is 16.7. The van der Waals surface area contributed by atoms with Crippen molar-refractivity contribution in [1.82, 2.24) is 20.1 Å². The van der Waals surface area contributed by atoms with Crippen molar-refractivity contribution >= 4 is 17.7 Å². The second kappa shape index (κ2) is 5.57. The second-order valence-corrected chi connectivity index (χ2v) is 5.29. The number of rotatable bonds is 7. The molecule has 1 aliphatic rings. The smallest absolute Gasteiger partial charge is 0.344 e. The van der Waals surface area contributed by atoms with Crippen molar-refractivity contribution in [2.75, 3.05) is 12.8 Å². The van der Waals surface area contributed by atoms with E-state index in [2.05, 4.69) is 15.5 Å². The molecule has 0 spiro atoms. The van der Waals surface area contributed by atoms with Gasteiger partial charge in [-0.2, -0.15) is 0 Å². The standard InChI is InChI=1S/C10H16N4O3S/c1-11-7(8(15)16)4-5-18-10-13-12-9(17)14(10)6-2-3-6/h6-7,11H,2-5H2,1H3,(H,12,17)(H,15,16). The van der Waals surface area contributed by atoms with Crippen LogP contribution >= 0.6 is 11.8 Å². The van der Waals surface area contributed by atoms with Crippen LogP contribution in [0.3, 0.4) is 0 Å². The van der Waals surface area contributed by atoms with E-state index in [1.54, 1.807) is 11.6 Å². The third-order valence-electron chi connectivity index (χ3n) is 2.87. The molecule has 1 unspecified atom stereocenters. The molecule has 1 fully saturated rings. The molecule has 1 aliphatic carbocycles. The SMILES string of the molecule is CNC(CCSc1n[nH]c(=O)n1C1CC1)C(=O)O. The minimum Gasteiger partial charge on any atom is -0.480 e. The van der Waals surface area contributed by atoms with Gasteiger partial charge in [0.1, 0.15) is 6.04 Å². The van der Waals surface area contributed by atoms with Crippen LogP contribution in [0, 0.1) is 0 Å². The number of carboxylic acid groups (broad SMARTS) is 1. The van der Waals surface area contributed by atoms with Gasteiger partial charge in [0.15, 0.2) is 5.16 Å². The summed E-state index contributed by atoms with van der Waals surface area (Å²) in [5, 5.41) is 18.7. The van der Waals surface area contributed by atoms with Crippen molar-refractivity contribution < 1.29 is 9.90 Å². The van der Waals surface area contributed by atoms with Gasteiger partial charge in [0.25, 0.3) is 0 Å². The molecule has 1 heterocycles. The monoisotopic (exact) mass is 272 g/mol. The van der Waals surface area contributed by atoms with E-state index in [4.69, 9.17) is 5.11 Å². The summed E-state index contributed by atoms with van der Waals surface area (Å²) in [5.41, 5.74) is -0.177. The van der Waals surface area contributed by atoms with Crippen LogP contribution in [0.5, 0.6) is 0 Å². The van der Waals surface area contributed by atoms with Gasteiger partial charge in [-0.25, -0.2) is 9.89 Å². The highest BCUT2D eigenvalue weighted by molar-refractivity contribution is 7.99. The summed E-state index contributed by atoms with van der Waals surface area (Å²) in [6.45, 7) is 0. The number of hydrogen-bond donors (Lipinski definition) is 3. The zero-order valence-corrected chi connectivity index (χ0v) is 10.9. The third kappa shape index (κ3) is 2.94. The number of carboxylic acids is 1. The van der Waals surface area contributed by atoms with Gasteiger partial charge in [0.05, 0.1) is 0 Å². The highest BCUT2D eigenvalue weighted by Gasteiger charge is 2.28. The summed E-state index contributed by atoms with van der Waals surface area (Å²) in [5.74, 6) is -0.255. The van der Waals surface area contributed by atoms with Crippen molar-refractivity contribution in [2.24, 2.45) is 0 Å². The lowest BCUT2D eigenvalue weighted by molar-refractivity contribution is -0.139. The summed E-state index contributed by atoms with van der Waals surface area (Å²) in [6, 6.07) is -0.282. The Morgan fingerprint density at radius 2 is 2.44 bits per heavy atom. The number of thioether (sulfide) groups is 1. The molecule has 0 radical (unpaired) electrons. The molecule has 0 bridgehead atoms. The van der Waals surface area contributed by atoms with Crippen LogP contribution in [0.2, 0.25) is 0 Å². The molecule has 1 aromatic heterocycles. The first-order valence-electron chi connectivity index (χ1n) is 5.83. The van der Waals surface area contributed by atoms with Gasteiger partial charge in [-0.15, -0.1) is 5.10 Å². The zero-order valence-electron chi connectivity index (χ0n) is 10.0. The number of aromatic nitrogens is 3. The Morgan fingerprint density at radius 1 is 1.72 bits per heavy atom. The Labute approximate surface area is 108 Å². The van der Waals surface area contributed by atoms with E-state index in [1.165, 1.54) is 11.8 Å². The maximum absolute atomic E-state index is 11.5. The molecule has 0 aromatic carbocycles. The minimum atomic E-state index is -0.861. The van der Waals surface area contributed by atoms with Crippen molar-refractivity contribution in [1.29, 1.82) is 0 Å². The van der Waals surface area contributed by atoms with Crippen LogP contribution in [-0.4, -0.2) is 44.7 Å². The Bertz CT molecular complexity index is 480. The van der Waals surface area contributed by atoms with Gasteiger partial charge < -0.3 is 10.4 Å². The third-order valence-corrected chi connectivity index (χ3v) is 3.85. The van der Waals surface area contributed by atoms with Crippen LogP contribution in [-0.2, 0) is 4.79 Å². The molecule has 3 N–H and O–H groups in total. The summed E-state index contributed by atoms with van der Waals surface area (Å²) < 4.78 is 1.67. The number of hydrogen-bond acceptors (Lipinski definition) is 5. The summed E-state index contributed by atoms with van der Waals surface area (Å²) in [7, 11) is 1.62. The average Bonchev–Trinajstić information content (AvgIpc) is 3.09. The lowest BCUT2D eigenvalue weighted by atomic mass is 10.2. The molecule has 7 nitrogen and oxygen atoms in total. The molecule has 1 atom stereocenters. The number of nitrogens with zero attached hydrogens (tertiary/aromatic N) is 2. The first-order valence-corrected chi connectivity index (χ1v) is 6.81. The topological polar surface area (TPSA) is 100 Å². The molecule has 0 aliphatic heterocycles. The Kier molecular flexibility index (Phi) is 4.07. The Balaban J connectivity index is 1.90. The number of carbonyl (C=O) groups is 1. The molecular weight excluding hydrogens is 256 g/mol. The maximum Gasteiger partial charge on any atom is 0.344 e. The van der Waals surface area contributed by atoms with Gasteiger partial charge in [-0.3, -0.25) is 9.36 Å². The van der Waals surface area contributed by atoms with Gasteiger partial charge in [0, 0.05) is 11.8 Å². The second-order valence-electron chi connectivity index (χ2n) is 4.23. The summed E-state index contributed by atoms with van der Waals surface area (Å²) >= 11 is 1.41.